The van der Waals surface area contributed by atoms with Gasteiger partial charge in [0.2, 0.25) is 23.0 Å². The Hall–Kier alpha value is -5.11. The minimum Gasteiger partial charge on any atom is -0.480 e. The number of carbonyl (C=O) groups excluding carboxylic acids is 1. The van der Waals surface area contributed by atoms with Crippen molar-refractivity contribution >= 4 is 40.3 Å². The third-order valence-electron chi connectivity index (χ3n) is 6.43. The lowest BCUT2D eigenvalue weighted by Crippen LogP contribution is -2.19. The second-order valence-electron chi connectivity index (χ2n) is 8.98. The number of hydrogen-bond donors (Lipinski definition) is 2. The third-order valence-corrected chi connectivity index (χ3v) is 6.43. The number of amides is 1. The Morgan fingerprint density at radius 2 is 1.92 bits per heavy atom. The Morgan fingerprint density at radius 1 is 1.11 bits per heavy atom. The number of aromatic nitrogens is 3. The highest BCUT2D eigenvalue weighted by molar-refractivity contribution is 5.99. The van der Waals surface area contributed by atoms with Gasteiger partial charge in [-0.2, -0.15) is 9.97 Å². The zero-order valence-corrected chi connectivity index (χ0v) is 20.3. The Labute approximate surface area is 214 Å². The first kappa shape index (κ1) is 23.3. The molecule has 1 aromatic carbocycles. The number of nitrogens with zero attached hydrogens (tertiary/aromatic N) is 3. The summed E-state index contributed by atoms with van der Waals surface area (Å²) >= 11 is 0. The van der Waals surface area contributed by atoms with E-state index < -0.39 is 23.6 Å². The number of carboxylic acids is 1. The van der Waals surface area contributed by atoms with Crippen LogP contribution in [0.4, 0.5) is 10.5 Å². The first-order valence-corrected chi connectivity index (χ1v) is 11.8. The molecule has 1 amide bonds. The van der Waals surface area contributed by atoms with Crippen molar-refractivity contribution in [3.8, 4) is 11.8 Å². The van der Waals surface area contributed by atoms with Crippen molar-refractivity contribution in [2.45, 2.75) is 38.2 Å². The normalized spacial score (nSPS) is 14.6. The first-order valence-electron chi connectivity index (χ1n) is 11.8. The fraction of sp³-hybridized carbons (Fsp3) is 0.222. The van der Waals surface area contributed by atoms with Crippen molar-refractivity contribution in [3.05, 3.63) is 71.3 Å². The summed E-state index contributed by atoms with van der Waals surface area (Å²) in [6, 6.07) is 11.1. The molecule has 0 spiro atoms. The van der Waals surface area contributed by atoms with Crippen molar-refractivity contribution in [1.82, 2.24) is 15.0 Å². The van der Waals surface area contributed by atoms with E-state index in [1.165, 1.54) is 0 Å². The number of anilines is 1. The van der Waals surface area contributed by atoms with Gasteiger partial charge < -0.3 is 23.1 Å². The minimum atomic E-state index is -1.11. The van der Waals surface area contributed by atoms with Crippen molar-refractivity contribution < 1.29 is 32.7 Å². The molecule has 38 heavy (non-hydrogen) atoms. The van der Waals surface area contributed by atoms with Crippen LogP contribution in [0, 0.1) is 18.8 Å². The summed E-state index contributed by atoms with van der Waals surface area (Å²) in [6.45, 7) is 3.73. The number of oxazole rings is 2. The van der Waals surface area contributed by atoms with E-state index in [0.29, 0.717) is 18.2 Å². The maximum Gasteiger partial charge on any atom is 0.412 e. The predicted octanol–water partition coefficient (Wildman–Crippen LogP) is 5.09. The highest BCUT2D eigenvalue weighted by Gasteiger charge is 2.56. The highest BCUT2D eigenvalue weighted by Crippen LogP contribution is 2.48. The zero-order valence-electron chi connectivity index (χ0n) is 20.3. The predicted molar refractivity (Wildman–Crippen MR) is 132 cm³/mol. The number of rotatable bonds is 5. The van der Waals surface area contributed by atoms with Crippen LogP contribution < -0.4 is 5.32 Å². The van der Waals surface area contributed by atoms with Crippen LogP contribution in [0.1, 0.15) is 54.5 Å². The molecule has 190 valence electrons. The molecule has 11 heteroatoms. The minimum absolute atomic E-state index is 0.0183. The van der Waals surface area contributed by atoms with Gasteiger partial charge in [0.1, 0.15) is 17.2 Å². The average Bonchev–Trinajstić information content (AvgIpc) is 3.32. The van der Waals surface area contributed by atoms with Crippen LogP contribution in [0.5, 0.6) is 0 Å². The van der Waals surface area contributed by atoms with Crippen molar-refractivity contribution in [2.24, 2.45) is 0 Å². The van der Waals surface area contributed by atoms with Gasteiger partial charge in [-0.15, -0.1) is 0 Å². The van der Waals surface area contributed by atoms with Crippen LogP contribution >= 0.6 is 0 Å². The van der Waals surface area contributed by atoms with Gasteiger partial charge in [0.05, 0.1) is 5.39 Å². The van der Waals surface area contributed by atoms with E-state index in [0.717, 1.165) is 11.1 Å². The lowest BCUT2D eigenvalue weighted by Gasteiger charge is -2.16. The van der Waals surface area contributed by atoms with E-state index in [9.17, 15) is 14.7 Å². The standard InChI is InChI=1S/C27H20N4O7/c1-14-6-3-4-7-16(14)15(2)35-26(34)30-20-17-8-5-13-28-22(17)36-18(20)9-10-19-29-21-23(37-19)38-24(31-21)27(11-12-27)25(32)33/h3-8,13,15H,11-12H2,1-2H3,(H,30,34)(H,32,33). The van der Waals surface area contributed by atoms with Gasteiger partial charge >= 0.3 is 17.8 Å². The summed E-state index contributed by atoms with van der Waals surface area (Å²) < 4.78 is 22.4. The van der Waals surface area contributed by atoms with Gasteiger partial charge in [0.15, 0.2) is 0 Å². The average molecular weight is 512 g/mol. The maximum atomic E-state index is 12.8. The Kier molecular flexibility index (Phi) is 5.38. The van der Waals surface area contributed by atoms with Gasteiger partial charge in [-0.05, 0) is 55.9 Å². The molecule has 2 N–H and O–H groups in total. The van der Waals surface area contributed by atoms with E-state index >= 15 is 0 Å². The molecule has 4 aromatic heterocycles. The highest BCUT2D eigenvalue weighted by atomic mass is 16.6. The first-order chi connectivity index (χ1) is 18.3. The molecule has 4 heterocycles. The molecule has 1 unspecified atom stereocenters. The fourth-order valence-corrected chi connectivity index (χ4v) is 4.20. The summed E-state index contributed by atoms with van der Waals surface area (Å²) in [6.07, 6.45) is 1.27. The van der Waals surface area contributed by atoms with E-state index in [2.05, 4.69) is 32.1 Å². The second kappa shape index (κ2) is 8.77. The number of ether oxygens (including phenoxy) is 1. The molecule has 0 bridgehead atoms. The second-order valence-corrected chi connectivity index (χ2v) is 8.98. The van der Waals surface area contributed by atoms with Crippen LogP contribution in [0.2, 0.25) is 0 Å². The van der Waals surface area contributed by atoms with Gasteiger partial charge in [0, 0.05) is 12.1 Å². The van der Waals surface area contributed by atoms with E-state index in [4.69, 9.17) is 18.0 Å². The number of aryl methyl sites for hydroxylation is 1. The molecular weight excluding hydrogens is 492 g/mol. The lowest BCUT2D eigenvalue weighted by atomic mass is 10.1. The molecule has 1 fully saturated rings. The smallest absolute Gasteiger partial charge is 0.412 e. The van der Waals surface area contributed by atoms with Gasteiger partial charge in [0.25, 0.3) is 5.89 Å². The fourth-order valence-electron chi connectivity index (χ4n) is 4.20. The SMILES string of the molecule is Cc1ccccc1C(C)OC(=O)Nc1c(C#Cc2nc3nc(C4(C(=O)O)CC4)oc3o2)oc2ncccc12. The Morgan fingerprint density at radius 3 is 2.66 bits per heavy atom. The number of hydrogen-bond acceptors (Lipinski definition) is 9. The van der Waals surface area contributed by atoms with Gasteiger partial charge in [-0.25, -0.2) is 9.78 Å². The summed E-state index contributed by atoms with van der Waals surface area (Å²) in [7, 11) is 0. The number of pyridine rings is 1. The molecule has 1 saturated carbocycles. The van der Waals surface area contributed by atoms with Crippen molar-refractivity contribution in [2.75, 3.05) is 5.32 Å². The number of furan rings is 1. The molecule has 6 rings (SSSR count). The van der Waals surface area contributed by atoms with Crippen LogP contribution in [0.25, 0.3) is 22.5 Å². The summed E-state index contributed by atoms with van der Waals surface area (Å²) in [5, 5.41) is 12.7. The van der Waals surface area contributed by atoms with Gasteiger partial charge in [-0.3, -0.25) is 10.1 Å². The molecule has 0 aliphatic heterocycles. The van der Waals surface area contributed by atoms with Crippen LogP contribution in [0.3, 0.4) is 0 Å². The number of carbonyl (C=O) groups is 2. The number of carboxylic acid groups (broad SMARTS) is 1. The summed E-state index contributed by atoms with van der Waals surface area (Å²) in [5.41, 5.74) is 1.47. The maximum absolute atomic E-state index is 12.8. The number of fused-ring (bicyclic) bond motifs is 2. The van der Waals surface area contributed by atoms with Crippen LogP contribution in [-0.4, -0.2) is 32.1 Å². The summed E-state index contributed by atoms with van der Waals surface area (Å²) in [5.74, 6) is 4.67. The topological polar surface area (TPSA) is 154 Å². The molecule has 0 saturated heterocycles. The molecule has 5 aromatic rings. The largest absolute Gasteiger partial charge is 0.480 e. The zero-order chi connectivity index (χ0) is 26.4. The van der Waals surface area contributed by atoms with Crippen molar-refractivity contribution in [3.63, 3.8) is 0 Å². The van der Waals surface area contributed by atoms with Gasteiger partial charge in [-0.1, -0.05) is 24.3 Å². The number of benzene rings is 1. The molecular formula is C27H20N4O7. The monoisotopic (exact) mass is 512 g/mol. The lowest BCUT2D eigenvalue weighted by molar-refractivity contribution is -0.140. The Balaban J connectivity index is 1.26. The van der Waals surface area contributed by atoms with E-state index in [-0.39, 0.29) is 40.4 Å². The molecule has 1 atom stereocenters. The van der Waals surface area contributed by atoms with E-state index in [1.807, 2.05) is 31.2 Å². The molecule has 1 aliphatic carbocycles. The third kappa shape index (κ3) is 4.02. The van der Waals surface area contributed by atoms with Crippen LogP contribution in [-0.2, 0) is 14.9 Å². The number of nitrogens with one attached hydrogen (secondary N) is 1. The molecule has 1 aliphatic rings. The van der Waals surface area contributed by atoms with E-state index in [1.54, 1.807) is 25.3 Å². The Bertz CT molecular complexity index is 1750. The number of aliphatic carboxylic acids is 1. The van der Waals surface area contributed by atoms with Crippen molar-refractivity contribution in [1.29, 1.82) is 0 Å². The quantitative estimate of drug-likeness (QED) is 0.304. The summed E-state index contributed by atoms with van der Waals surface area (Å²) in [4.78, 5) is 36.8. The molecule has 11 nitrogen and oxygen atoms in total. The van der Waals surface area contributed by atoms with Crippen LogP contribution in [0.15, 0.2) is 55.8 Å². The molecule has 0 radical (unpaired) electrons.